The zero-order valence-corrected chi connectivity index (χ0v) is 19.8. The minimum Gasteiger partial charge on any atom is -0.480 e. The van der Waals surface area contributed by atoms with Crippen molar-refractivity contribution in [2.24, 2.45) is 5.92 Å². The van der Waals surface area contributed by atoms with Crippen LogP contribution in [0.3, 0.4) is 0 Å². The molecule has 0 saturated carbocycles. The molecule has 7 heteroatoms. The second-order valence-corrected chi connectivity index (χ2v) is 9.31. The highest BCUT2D eigenvalue weighted by molar-refractivity contribution is 6.39. The third kappa shape index (κ3) is 6.35. The summed E-state index contributed by atoms with van der Waals surface area (Å²) in [6, 6.07) is 11.5. The summed E-state index contributed by atoms with van der Waals surface area (Å²) in [5, 5.41) is 12.5. The maximum Gasteiger partial charge on any atom is 0.326 e. The van der Waals surface area contributed by atoms with E-state index < -0.39 is 17.9 Å². The number of carbonyl (C=O) groups is 2. The summed E-state index contributed by atoms with van der Waals surface area (Å²) < 4.78 is 0. The Kier molecular flexibility index (Phi) is 8.35. The minimum atomic E-state index is -1.12. The van der Waals surface area contributed by atoms with Crippen molar-refractivity contribution >= 4 is 40.7 Å². The van der Waals surface area contributed by atoms with Crippen LogP contribution < -0.4 is 5.32 Å². The molecule has 1 heterocycles. The summed E-state index contributed by atoms with van der Waals surface area (Å²) >= 11 is 12.1. The lowest BCUT2D eigenvalue weighted by molar-refractivity contribution is -0.139. The fourth-order valence-electron chi connectivity index (χ4n) is 3.89. The van der Waals surface area contributed by atoms with Gasteiger partial charge in [-0.15, -0.1) is 0 Å². The molecule has 170 valence electrons. The van der Waals surface area contributed by atoms with E-state index >= 15 is 0 Å². The van der Waals surface area contributed by atoms with Gasteiger partial charge in [0.25, 0.3) is 5.91 Å². The van der Waals surface area contributed by atoms with Crippen molar-refractivity contribution in [1.29, 1.82) is 0 Å². The van der Waals surface area contributed by atoms with Gasteiger partial charge in [0.15, 0.2) is 0 Å². The van der Waals surface area contributed by atoms with Gasteiger partial charge < -0.3 is 10.4 Å². The van der Waals surface area contributed by atoms with Gasteiger partial charge in [0.05, 0.1) is 15.6 Å². The number of carbonyl (C=O) groups excluding carboxylic acids is 1. The highest BCUT2D eigenvalue weighted by Gasteiger charge is 2.24. The fourth-order valence-corrected chi connectivity index (χ4v) is 4.46. The molecule has 0 aromatic heterocycles. The Morgan fingerprint density at radius 1 is 1.09 bits per heavy atom. The predicted molar refractivity (Wildman–Crippen MR) is 129 cm³/mol. The number of aliphatic carboxylic acids is 1. The SMILES string of the molecule is CC(C)CN1CC=C(c2ccc(C[C@H](NC(=O)c3c(Cl)cccc3Cl)C(=O)O)cc2)CC1. The van der Waals surface area contributed by atoms with Crippen LogP contribution in [0.5, 0.6) is 0 Å². The topological polar surface area (TPSA) is 69.6 Å². The Bertz CT molecular complexity index is 982. The molecule has 0 bridgehead atoms. The van der Waals surface area contributed by atoms with E-state index in [9.17, 15) is 14.7 Å². The number of benzene rings is 2. The summed E-state index contributed by atoms with van der Waals surface area (Å²) in [7, 11) is 0. The van der Waals surface area contributed by atoms with Gasteiger partial charge in [0, 0.05) is 26.1 Å². The van der Waals surface area contributed by atoms with Crippen LogP contribution in [0.4, 0.5) is 0 Å². The van der Waals surface area contributed by atoms with Crippen LogP contribution in [0.1, 0.15) is 41.8 Å². The standard InChI is InChI=1S/C25H28Cl2N2O3/c1-16(2)15-29-12-10-19(11-13-29)18-8-6-17(7-9-18)14-22(25(31)32)28-24(30)23-20(26)4-3-5-21(23)27/h3-10,16,22H,11-15H2,1-2H3,(H,28,30)(H,31,32)/t22-/m0/s1. The summed E-state index contributed by atoms with van der Waals surface area (Å²) in [6.45, 7) is 7.56. The Balaban J connectivity index is 1.66. The third-order valence-corrected chi connectivity index (χ3v) is 6.10. The highest BCUT2D eigenvalue weighted by atomic mass is 35.5. The first kappa shape index (κ1) is 24.3. The average Bonchev–Trinajstić information content (AvgIpc) is 2.74. The second-order valence-electron chi connectivity index (χ2n) is 8.49. The quantitative estimate of drug-likeness (QED) is 0.553. The molecule has 0 unspecified atom stereocenters. The van der Waals surface area contributed by atoms with E-state index in [2.05, 4.69) is 30.1 Å². The largest absolute Gasteiger partial charge is 0.480 e. The monoisotopic (exact) mass is 474 g/mol. The number of amides is 1. The van der Waals surface area contributed by atoms with Crippen molar-refractivity contribution < 1.29 is 14.7 Å². The average molecular weight is 475 g/mol. The molecule has 2 N–H and O–H groups in total. The Morgan fingerprint density at radius 3 is 2.28 bits per heavy atom. The molecule has 0 aliphatic carbocycles. The van der Waals surface area contributed by atoms with Crippen LogP contribution >= 0.6 is 23.2 Å². The van der Waals surface area contributed by atoms with E-state index in [1.54, 1.807) is 18.2 Å². The molecule has 0 fully saturated rings. The lowest BCUT2D eigenvalue weighted by Crippen LogP contribution is -2.42. The van der Waals surface area contributed by atoms with E-state index in [4.69, 9.17) is 23.2 Å². The number of hydrogen-bond acceptors (Lipinski definition) is 3. The Morgan fingerprint density at radius 2 is 1.75 bits per heavy atom. The van der Waals surface area contributed by atoms with Crippen LogP contribution in [0.15, 0.2) is 48.5 Å². The van der Waals surface area contributed by atoms with Crippen LogP contribution in [-0.2, 0) is 11.2 Å². The van der Waals surface area contributed by atoms with Gasteiger partial charge in [-0.25, -0.2) is 4.79 Å². The second kappa shape index (κ2) is 11.0. The van der Waals surface area contributed by atoms with Gasteiger partial charge >= 0.3 is 5.97 Å². The van der Waals surface area contributed by atoms with Crippen molar-refractivity contribution in [3.63, 3.8) is 0 Å². The maximum absolute atomic E-state index is 12.6. The molecule has 1 atom stereocenters. The van der Waals surface area contributed by atoms with Crippen LogP contribution in [0, 0.1) is 5.92 Å². The molecule has 5 nitrogen and oxygen atoms in total. The van der Waals surface area contributed by atoms with Gasteiger partial charge in [-0.2, -0.15) is 0 Å². The van der Waals surface area contributed by atoms with E-state index in [1.807, 2.05) is 24.3 Å². The normalized spacial score (nSPS) is 15.3. The highest BCUT2D eigenvalue weighted by Crippen LogP contribution is 2.25. The number of nitrogens with one attached hydrogen (secondary N) is 1. The summed E-state index contributed by atoms with van der Waals surface area (Å²) in [5.74, 6) is -1.07. The lowest BCUT2D eigenvalue weighted by atomic mass is 9.96. The number of halogens is 2. The first-order valence-corrected chi connectivity index (χ1v) is 11.5. The van der Waals surface area contributed by atoms with E-state index in [-0.39, 0.29) is 22.0 Å². The van der Waals surface area contributed by atoms with Crippen LogP contribution in [-0.4, -0.2) is 47.6 Å². The molecule has 1 amide bonds. The molecular formula is C25H28Cl2N2O3. The molecule has 1 aliphatic rings. The molecule has 0 radical (unpaired) electrons. The molecule has 2 aromatic carbocycles. The predicted octanol–water partition coefficient (Wildman–Crippen LogP) is 5.16. The van der Waals surface area contributed by atoms with Gasteiger partial charge in [0.2, 0.25) is 0 Å². The van der Waals surface area contributed by atoms with Gasteiger partial charge in [-0.1, -0.05) is 73.5 Å². The maximum atomic E-state index is 12.6. The fraction of sp³-hybridized carbons (Fsp3) is 0.360. The number of carboxylic acids is 1. The van der Waals surface area contributed by atoms with Crippen molar-refractivity contribution in [2.45, 2.75) is 32.7 Å². The Labute approximate surface area is 199 Å². The number of hydrogen-bond donors (Lipinski definition) is 2. The summed E-state index contributed by atoms with van der Waals surface area (Å²) in [4.78, 5) is 26.8. The molecule has 3 rings (SSSR count). The lowest BCUT2D eigenvalue weighted by Gasteiger charge is -2.28. The molecule has 0 saturated heterocycles. The summed E-state index contributed by atoms with van der Waals surface area (Å²) in [5.41, 5.74) is 3.36. The smallest absolute Gasteiger partial charge is 0.326 e. The first-order valence-electron chi connectivity index (χ1n) is 10.7. The van der Waals surface area contributed by atoms with Crippen molar-refractivity contribution in [1.82, 2.24) is 10.2 Å². The molecule has 2 aromatic rings. The molecule has 1 aliphatic heterocycles. The zero-order chi connectivity index (χ0) is 23.3. The summed E-state index contributed by atoms with van der Waals surface area (Å²) in [6.07, 6.45) is 3.43. The number of carboxylic acid groups (broad SMARTS) is 1. The van der Waals surface area contributed by atoms with Crippen LogP contribution in [0.25, 0.3) is 5.57 Å². The van der Waals surface area contributed by atoms with Gasteiger partial charge in [0.1, 0.15) is 6.04 Å². The van der Waals surface area contributed by atoms with E-state index in [1.165, 1.54) is 5.57 Å². The minimum absolute atomic E-state index is 0.0770. The van der Waals surface area contributed by atoms with Crippen LogP contribution in [0.2, 0.25) is 10.0 Å². The zero-order valence-electron chi connectivity index (χ0n) is 18.3. The van der Waals surface area contributed by atoms with Crippen molar-refractivity contribution in [3.8, 4) is 0 Å². The number of rotatable bonds is 8. The number of nitrogens with zero attached hydrogens (tertiary/aromatic N) is 1. The molecule has 0 spiro atoms. The van der Waals surface area contributed by atoms with Gasteiger partial charge in [-0.05, 0) is 41.2 Å². The molecular weight excluding hydrogens is 447 g/mol. The van der Waals surface area contributed by atoms with Crippen molar-refractivity contribution in [3.05, 3.63) is 75.3 Å². The van der Waals surface area contributed by atoms with Gasteiger partial charge in [-0.3, -0.25) is 9.69 Å². The first-order chi connectivity index (χ1) is 15.2. The van der Waals surface area contributed by atoms with Crippen molar-refractivity contribution in [2.75, 3.05) is 19.6 Å². The van der Waals surface area contributed by atoms with E-state index in [0.29, 0.717) is 5.92 Å². The Hall–Kier alpha value is -2.34. The molecule has 32 heavy (non-hydrogen) atoms. The third-order valence-electron chi connectivity index (χ3n) is 5.47. The van der Waals surface area contributed by atoms with E-state index in [0.717, 1.165) is 37.2 Å².